The summed E-state index contributed by atoms with van der Waals surface area (Å²) in [5, 5.41) is 6.76. The molecule has 0 aliphatic rings. The normalized spacial score (nSPS) is 12.2. The molecule has 1 rings (SSSR count). The van der Waals surface area contributed by atoms with Crippen LogP contribution in [0.2, 0.25) is 0 Å². The Morgan fingerprint density at radius 1 is 1.42 bits per heavy atom. The van der Waals surface area contributed by atoms with Crippen molar-refractivity contribution in [1.82, 2.24) is 24.5 Å². The van der Waals surface area contributed by atoms with Gasteiger partial charge < -0.3 is 9.84 Å². The molecule has 1 aromatic heterocycles. The molecule has 0 fully saturated rings. The summed E-state index contributed by atoms with van der Waals surface area (Å²) in [5.74, 6) is 0.484. The lowest BCUT2D eigenvalue weighted by Crippen LogP contribution is -2.40. The molecule has 0 saturated heterocycles. The molecule has 0 atom stereocenters. The Hall–Kier alpha value is -1.03. The van der Waals surface area contributed by atoms with Crippen molar-refractivity contribution in [1.29, 1.82) is 0 Å². The van der Waals surface area contributed by atoms with Crippen molar-refractivity contribution in [2.75, 3.05) is 33.2 Å². The molecule has 9 heteroatoms. The van der Waals surface area contributed by atoms with E-state index >= 15 is 0 Å². The van der Waals surface area contributed by atoms with E-state index in [0.29, 0.717) is 18.8 Å². The molecule has 1 aromatic rings. The topological polar surface area (TPSA) is 100 Å². The number of hydrogen-bond acceptors (Lipinski definition) is 6. The minimum Gasteiger partial charge on any atom is -0.343 e. The highest BCUT2D eigenvalue weighted by Gasteiger charge is 2.16. The summed E-state index contributed by atoms with van der Waals surface area (Å²) in [6.45, 7) is 4.43. The van der Waals surface area contributed by atoms with E-state index < -0.39 is 10.2 Å². The Labute approximate surface area is 113 Å². The lowest BCUT2D eigenvalue weighted by atomic mass is 10.4. The molecule has 110 valence electrons. The molecule has 19 heavy (non-hydrogen) atoms. The van der Waals surface area contributed by atoms with E-state index in [4.69, 9.17) is 0 Å². The minimum atomic E-state index is -3.43. The number of nitrogens with one attached hydrogen (secondary N) is 2. The summed E-state index contributed by atoms with van der Waals surface area (Å²) in [6, 6.07) is 0. The van der Waals surface area contributed by atoms with E-state index in [1.54, 1.807) is 7.05 Å². The monoisotopic (exact) mass is 291 g/mol. The summed E-state index contributed by atoms with van der Waals surface area (Å²) < 4.78 is 32.1. The van der Waals surface area contributed by atoms with E-state index in [1.807, 2.05) is 6.92 Å². The summed E-state index contributed by atoms with van der Waals surface area (Å²) in [5.41, 5.74) is 0. The molecule has 0 radical (unpaired) electrons. The number of rotatable bonds is 10. The molecule has 0 aromatic carbocycles. The lowest BCUT2D eigenvalue weighted by Gasteiger charge is -2.17. The molecular weight excluding hydrogens is 270 g/mol. The number of hydrogen-bond donors (Lipinski definition) is 2. The van der Waals surface area contributed by atoms with Gasteiger partial charge in [0.25, 0.3) is 10.2 Å². The maximum absolute atomic E-state index is 11.9. The third kappa shape index (κ3) is 6.10. The van der Waals surface area contributed by atoms with Gasteiger partial charge in [0.05, 0.1) is 0 Å². The Morgan fingerprint density at radius 2 is 2.21 bits per heavy atom. The van der Waals surface area contributed by atoms with E-state index in [2.05, 4.69) is 24.7 Å². The van der Waals surface area contributed by atoms with Gasteiger partial charge in [-0.25, -0.2) is 4.72 Å². The average molecular weight is 291 g/mol. The van der Waals surface area contributed by atoms with Gasteiger partial charge in [-0.05, 0) is 19.5 Å². The number of nitrogens with zero attached hydrogens (tertiary/aromatic N) is 3. The van der Waals surface area contributed by atoms with Gasteiger partial charge in [0.15, 0.2) is 5.82 Å². The fourth-order valence-electron chi connectivity index (χ4n) is 1.43. The second kappa shape index (κ2) is 8.20. The van der Waals surface area contributed by atoms with Crippen LogP contribution in [0.15, 0.2) is 10.9 Å². The van der Waals surface area contributed by atoms with Crippen LogP contribution < -0.4 is 10.0 Å². The zero-order valence-corrected chi connectivity index (χ0v) is 12.1. The van der Waals surface area contributed by atoms with Crippen LogP contribution in [0.25, 0.3) is 0 Å². The predicted octanol–water partition coefficient (Wildman–Crippen LogP) is -0.622. The minimum absolute atomic E-state index is 0.249. The van der Waals surface area contributed by atoms with Gasteiger partial charge in [0, 0.05) is 26.6 Å². The van der Waals surface area contributed by atoms with Crippen molar-refractivity contribution >= 4 is 10.2 Å². The zero-order chi connectivity index (χ0) is 14.1. The van der Waals surface area contributed by atoms with Gasteiger partial charge in [-0.3, -0.25) is 0 Å². The van der Waals surface area contributed by atoms with E-state index in [-0.39, 0.29) is 6.54 Å². The highest BCUT2D eigenvalue weighted by Crippen LogP contribution is 1.96. The highest BCUT2D eigenvalue weighted by molar-refractivity contribution is 7.87. The second-order valence-electron chi connectivity index (χ2n) is 4.03. The zero-order valence-electron chi connectivity index (χ0n) is 11.3. The summed E-state index contributed by atoms with van der Waals surface area (Å²) in [7, 11) is -1.87. The molecule has 0 bridgehead atoms. The van der Waals surface area contributed by atoms with Crippen molar-refractivity contribution < 1.29 is 12.9 Å². The van der Waals surface area contributed by atoms with Crippen LogP contribution in [0.4, 0.5) is 0 Å². The molecule has 8 nitrogen and oxygen atoms in total. The first-order valence-corrected chi connectivity index (χ1v) is 7.67. The van der Waals surface area contributed by atoms with Crippen molar-refractivity contribution in [2.45, 2.75) is 19.8 Å². The van der Waals surface area contributed by atoms with Crippen molar-refractivity contribution in [3.05, 3.63) is 12.2 Å². The summed E-state index contributed by atoms with van der Waals surface area (Å²) in [4.78, 5) is 3.82. The van der Waals surface area contributed by atoms with Crippen LogP contribution in [0.5, 0.6) is 0 Å². The van der Waals surface area contributed by atoms with Gasteiger partial charge >= 0.3 is 0 Å². The highest BCUT2D eigenvalue weighted by atomic mass is 32.2. The Balaban J connectivity index is 2.25. The van der Waals surface area contributed by atoms with Gasteiger partial charge in [0.2, 0.25) is 6.39 Å². The maximum Gasteiger partial charge on any atom is 0.279 e. The Bertz CT molecular complexity index is 434. The first-order valence-electron chi connectivity index (χ1n) is 6.23. The first kappa shape index (κ1) is 16.0. The average Bonchev–Trinajstić information content (AvgIpc) is 2.87. The van der Waals surface area contributed by atoms with Crippen LogP contribution in [-0.4, -0.2) is 56.1 Å². The smallest absolute Gasteiger partial charge is 0.279 e. The lowest BCUT2D eigenvalue weighted by molar-refractivity contribution is 0.409. The molecule has 0 aliphatic carbocycles. The van der Waals surface area contributed by atoms with Crippen LogP contribution >= 0.6 is 0 Å². The molecule has 0 aliphatic heterocycles. The van der Waals surface area contributed by atoms with Gasteiger partial charge in [0.1, 0.15) is 0 Å². The second-order valence-corrected chi connectivity index (χ2v) is 5.89. The largest absolute Gasteiger partial charge is 0.343 e. The van der Waals surface area contributed by atoms with Gasteiger partial charge in [-0.2, -0.15) is 17.7 Å². The van der Waals surface area contributed by atoms with Crippen molar-refractivity contribution in [3.8, 4) is 0 Å². The van der Waals surface area contributed by atoms with Crippen molar-refractivity contribution in [2.24, 2.45) is 0 Å². The molecule has 0 saturated carbocycles. The molecule has 2 N–H and O–H groups in total. The van der Waals surface area contributed by atoms with Crippen LogP contribution in [0, 0.1) is 0 Å². The van der Waals surface area contributed by atoms with E-state index in [1.165, 1.54) is 10.7 Å². The van der Waals surface area contributed by atoms with Gasteiger partial charge in [-0.15, -0.1) is 0 Å². The van der Waals surface area contributed by atoms with Crippen LogP contribution in [0.1, 0.15) is 19.2 Å². The van der Waals surface area contributed by atoms with Crippen LogP contribution in [-0.2, 0) is 16.6 Å². The molecule has 0 amide bonds. The maximum atomic E-state index is 11.9. The SMILES string of the molecule is CCNCCCN(C)S(=O)(=O)NCCc1ncon1. The Morgan fingerprint density at radius 3 is 2.84 bits per heavy atom. The fourth-order valence-corrected chi connectivity index (χ4v) is 2.38. The van der Waals surface area contributed by atoms with E-state index in [9.17, 15) is 8.42 Å². The molecule has 0 unspecified atom stereocenters. The quantitative estimate of drug-likeness (QED) is 0.557. The number of aromatic nitrogens is 2. The van der Waals surface area contributed by atoms with Gasteiger partial charge in [-0.1, -0.05) is 12.1 Å². The molecule has 0 spiro atoms. The summed E-state index contributed by atoms with van der Waals surface area (Å²) >= 11 is 0. The summed E-state index contributed by atoms with van der Waals surface area (Å²) in [6.07, 6.45) is 2.40. The van der Waals surface area contributed by atoms with E-state index in [0.717, 1.165) is 19.5 Å². The molecule has 1 heterocycles. The fraction of sp³-hybridized carbons (Fsp3) is 0.800. The standard InChI is InChI=1S/C10H21N5O3S/c1-3-11-6-4-8-15(2)19(16,17)13-7-5-10-12-9-18-14-10/h9,11,13H,3-8H2,1-2H3. The predicted molar refractivity (Wildman–Crippen MR) is 70.7 cm³/mol. The molecular formula is C10H21N5O3S. The third-order valence-electron chi connectivity index (χ3n) is 2.53. The van der Waals surface area contributed by atoms with Crippen molar-refractivity contribution in [3.63, 3.8) is 0 Å². The third-order valence-corrected chi connectivity index (χ3v) is 4.10. The van der Waals surface area contributed by atoms with Crippen LogP contribution in [0.3, 0.4) is 0 Å². The first-order chi connectivity index (χ1) is 9.06. The Kier molecular flexibility index (Phi) is 6.92.